The van der Waals surface area contributed by atoms with Crippen LogP contribution in [0, 0.1) is 40.9 Å². The number of carboxylic acid groups (broad SMARTS) is 1. The maximum atomic E-state index is 13.2. The maximum Gasteiger partial charge on any atom is 0.410 e. The first kappa shape index (κ1) is 57.0. The summed E-state index contributed by atoms with van der Waals surface area (Å²) in [4.78, 5) is 103. The minimum atomic E-state index is -0.960. The molecule has 4 amide bonds. The predicted molar refractivity (Wildman–Crippen MR) is 268 cm³/mol. The quantitative estimate of drug-likeness (QED) is 0.155. The first-order valence-electron chi connectivity index (χ1n) is 26.1. The normalized spacial score (nSPS) is 27.0. The van der Waals surface area contributed by atoms with Gasteiger partial charge in [0.15, 0.2) is 0 Å². The van der Waals surface area contributed by atoms with Crippen LogP contribution in [0.1, 0.15) is 111 Å². The molecule has 6 fully saturated rings. The van der Waals surface area contributed by atoms with Gasteiger partial charge in [0, 0.05) is 43.8 Å². The number of hydrogen-bond acceptors (Lipinski definition) is 14. The number of aliphatic carboxylic acids is 1. The van der Waals surface area contributed by atoms with Gasteiger partial charge >= 0.3 is 36.2 Å². The molecule has 2 aromatic carbocycles. The van der Waals surface area contributed by atoms with Crippen LogP contribution in [0.5, 0.6) is 0 Å². The number of carboxylic acids is 1. The molecule has 3 N–H and O–H groups in total. The van der Waals surface area contributed by atoms with Gasteiger partial charge in [-0.25, -0.2) is 28.8 Å². The SMILES string of the molecule is CC(C)(C)OC(=O)N[C@H](C(=O)N1C[C@@H]2CCC[C@@H]2[C@H]1C(=O)O)C(C)(C)C.CCOC(=O)[C@@H]1[C@H]2CCC(=O)[C@H]2CN1C(=O)OCc1ccccc1.CCOC(=O)[C@@H]1[C@H]2CCC(O)[C@H]2CN1C(=O)OCc1ccccc1. The van der Waals surface area contributed by atoms with Crippen LogP contribution in [0.25, 0.3) is 0 Å². The highest BCUT2D eigenvalue weighted by atomic mass is 16.6. The minimum Gasteiger partial charge on any atom is -0.480 e. The smallest absolute Gasteiger partial charge is 0.410 e. The zero-order valence-corrected chi connectivity index (χ0v) is 44.1. The van der Waals surface area contributed by atoms with Crippen molar-refractivity contribution < 1.29 is 72.3 Å². The highest BCUT2D eigenvalue weighted by Gasteiger charge is 2.56. The molecule has 2 aromatic rings. The van der Waals surface area contributed by atoms with Gasteiger partial charge < -0.3 is 44.1 Å². The Labute approximate surface area is 433 Å². The lowest BCUT2D eigenvalue weighted by molar-refractivity contribution is -0.151. The number of rotatable bonds is 11. The first-order valence-corrected chi connectivity index (χ1v) is 26.1. The number of ether oxygens (including phenoxy) is 5. The van der Waals surface area contributed by atoms with E-state index >= 15 is 0 Å². The van der Waals surface area contributed by atoms with Crippen molar-refractivity contribution in [2.45, 2.75) is 149 Å². The Balaban J connectivity index is 0.000000181. The molecule has 3 aliphatic heterocycles. The highest BCUT2D eigenvalue weighted by Crippen LogP contribution is 2.45. The number of likely N-dealkylation sites (tertiary alicyclic amines) is 3. The van der Waals surface area contributed by atoms with E-state index in [1.807, 2.05) is 81.4 Å². The van der Waals surface area contributed by atoms with Crippen LogP contribution in [0.3, 0.4) is 0 Å². The van der Waals surface area contributed by atoms with E-state index in [4.69, 9.17) is 23.7 Å². The average Bonchev–Trinajstić information content (AvgIpc) is 4.21. The lowest BCUT2D eigenvalue weighted by Crippen LogP contribution is -2.57. The highest BCUT2D eigenvalue weighted by molar-refractivity contribution is 5.91. The first-order chi connectivity index (χ1) is 35.0. The summed E-state index contributed by atoms with van der Waals surface area (Å²) >= 11 is 0. The number of amides is 4. The monoisotopic (exact) mass is 1030 g/mol. The van der Waals surface area contributed by atoms with Gasteiger partial charge in [-0.3, -0.25) is 19.4 Å². The zero-order valence-electron chi connectivity index (χ0n) is 44.1. The molecule has 406 valence electrons. The number of alkyl carbamates (subject to hydrolysis) is 1. The molecule has 11 atom stereocenters. The molecule has 0 bridgehead atoms. The van der Waals surface area contributed by atoms with Crippen molar-refractivity contribution in [2.24, 2.45) is 40.9 Å². The van der Waals surface area contributed by atoms with E-state index < -0.39 is 77.5 Å². The summed E-state index contributed by atoms with van der Waals surface area (Å²) in [6.07, 6.45) is 3.04. The molecule has 6 aliphatic rings. The number of hydrogen-bond donors (Lipinski definition) is 3. The zero-order chi connectivity index (χ0) is 54.1. The summed E-state index contributed by atoms with van der Waals surface area (Å²) in [5.41, 5.74) is 0.505. The molecule has 19 heteroatoms. The molecule has 0 aromatic heterocycles. The summed E-state index contributed by atoms with van der Waals surface area (Å²) in [6.45, 7) is 16.1. The van der Waals surface area contributed by atoms with Crippen molar-refractivity contribution >= 4 is 47.9 Å². The van der Waals surface area contributed by atoms with Crippen LogP contribution in [-0.2, 0) is 60.9 Å². The van der Waals surface area contributed by atoms with E-state index in [9.17, 15) is 48.6 Å². The number of nitrogens with one attached hydrogen (secondary N) is 1. The Bertz CT molecular complexity index is 2300. The number of Topliss-reactive ketones (excluding diaryl/α,β-unsaturated/α-hetero) is 1. The molecule has 0 spiro atoms. The summed E-state index contributed by atoms with van der Waals surface area (Å²) in [6, 6.07) is 15.7. The molecule has 8 rings (SSSR count). The van der Waals surface area contributed by atoms with Gasteiger partial charge in [-0.2, -0.15) is 0 Å². The van der Waals surface area contributed by atoms with Crippen molar-refractivity contribution in [3.8, 4) is 0 Å². The fourth-order valence-electron chi connectivity index (χ4n) is 11.5. The third-order valence-electron chi connectivity index (χ3n) is 14.9. The Morgan fingerprint density at radius 2 is 1.18 bits per heavy atom. The average molecular weight is 1030 g/mol. The second kappa shape index (κ2) is 24.9. The van der Waals surface area contributed by atoms with E-state index in [0.717, 1.165) is 36.8 Å². The van der Waals surface area contributed by atoms with Crippen LogP contribution >= 0.6 is 0 Å². The summed E-state index contributed by atoms with van der Waals surface area (Å²) in [5.74, 6) is -2.35. The van der Waals surface area contributed by atoms with E-state index in [1.165, 1.54) is 14.7 Å². The molecule has 74 heavy (non-hydrogen) atoms. The minimum absolute atomic E-state index is 0.0126. The molecular weight excluding hydrogens is 957 g/mol. The van der Waals surface area contributed by atoms with Gasteiger partial charge in [0.05, 0.1) is 19.3 Å². The van der Waals surface area contributed by atoms with Gasteiger partial charge in [0.2, 0.25) is 5.91 Å². The number of nitrogens with zero attached hydrogens (tertiary/aromatic N) is 3. The van der Waals surface area contributed by atoms with Crippen LogP contribution in [0.4, 0.5) is 14.4 Å². The van der Waals surface area contributed by atoms with E-state index in [-0.39, 0.29) is 80.2 Å². The topological polar surface area (TPSA) is 245 Å². The molecule has 0 radical (unpaired) electrons. The standard InChI is InChI=1S/C19H32N2O5.C18H23NO5.C18H21NO5/c1-18(2,3)14(20-17(25)26-19(4,5)6)15(22)21-10-11-8-7-9-12(11)13(21)16(23)24;2*1-2-23-17(21)16-13-8-9-15(20)14(13)10-19(16)18(22)24-11-12-6-4-3-5-7-12/h11-14H,7-10H2,1-6H3,(H,20,25)(H,23,24);3-7,13-16,20H,2,8-11H2,1H3;3-7,13-14,16H,2,8-11H2,1H3/t11-,12-,13-,14+;13-,14-,15?,16-;13-,14-,16-/m000/s1. The number of ketones is 1. The number of esters is 2. The van der Waals surface area contributed by atoms with Crippen LogP contribution in [-0.4, -0.2) is 142 Å². The van der Waals surface area contributed by atoms with Gasteiger partial charge in [-0.1, -0.05) is 87.9 Å². The second-order valence-electron chi connectivity index (χ2n) is 22.1. The molecular formula is C55H76N4O15. The lowest BCUT2D eigenvalue weighted by Gasteiger charge is -2.35. The van der Waals surface area contributed by atoms with Crippen LogP contribution < -0.4 is 5.32 Å². The van der Waals surface area contributed by atoms with Gasteiger partial charge in [-0.05, 0) is 101 Å². The van der Waals surface area contributed by atoms with E-state index in [2.05, 4.69) is 5.32 Å². The maximum absolute atomic E-state index is 13.2. The number of benzene rings is 2. The number of carbonyl (C=O) groups excluding carboxylic acids is 7. The molecule has 3 saturated heterocycles. The Morgan fingerprint density at radius 3 is 1.69 bits per heavy atom. The van der Waals surface area contributed by atoms with Gasteiger partial charge in [0.25, 0.3) is 0 Å². The Kier molecular flexibility index (Phi) is 19.2. The molecule has 3 heterocycles. The Hall–Kier alpha value is -6.24. The number of fused-ring (bicyclic) bond motifs is 3. The third kappa shape index (κ3) is 13.9. The number of carbonyl (C=O) groups is 8. The fourth-order valence-corrected chi connectivity index (χ4v) is 11.5. The Morgan fingerprint density at radius 1 is 0.635 bits per heavy atom. The van der Waals surface area contributed by atoms with Gasteiger partial charge in [0.1, 0.15) is 48.8 Å². The van der Waals surface area contributed by atoms with Gasteiger partial charge in [-0.15, -0.1) is 0 Å². The second-order valence-corrected chi connectivity index (χ2v) is 22.1. The van der Waals surface area contributed by atoms with Crippen LogP contribution in [0.2, 0.25) is 0 Å². The predicted octanol–water partition coefficient (Wildman–Crippen LogP) is 6.76. The summed E-state index contributed by atoms with van der Waals surface area (Å²) in [7, 11) is 0. The van der Waals surface area contributed by atoms with Crippen molar-refractivity contribution in [1.82, 2.24) is 20.0 Å². The van der Waals surface area contributed by atoms with Crippen molar-refractivity contribution in [2.75, 3.05) is 32.8 Å². The number of aliphatic hydroxyl groups is 1. The lowest BCUT2D eigenvalue weighted by atomic mass is 9.85. The van der Waals surface area contributed by atoms with E-state index in [1.54, 1.807) is 34.6 Å². The van der Waals surface area contributed by atoms with Crippen molar-refractivity contribution in [1.29, 1.82) is 0 Å². The van der Waals surface area contributed by atoms with Crippen LogP contribution in [0.15, 0.2) is 60.7 Å². The largest absolute Gasteiger partial charge is 0.480 e. The van der Waals surface area contributed by atoms with E-state index in [0.29, 0.717) is 32.4 Å². The van der Waals surface area contributed by atoms with Crippen molar-refractivity contribution in [3.05, 3.63) is 71.8 Å². The molecule has 1 unspecified atom stereocenters. The fraction of sp³-hybridized carbons (Fsp3) is 0.636. The third-order valence-corrected chi connectivity index (χ3v) is 14.9. The summed E-state index contributed by atoms with van der Waals surface area (Å²) < 4.78 is 26.3. The molecule has 19 nitrogen and oxygen atoms in total. The molecule has 3 aliphatic carbocycles. The van der Waals surface area contributed by atoms with Crippen molar-refractivity contribution in [3.63, 3.8) is 0 Å². The molecule has 3 saturated carbocycles. The number of aliphatic hydroxyl groups excluding tert-OH is 1. The summed E-state index contributed by atoms with van der Waals surface area (Å²) in [5, 5.41) is 22.5.